The van der Waals surface area contributed by atoms with Crippen LogP contribution in [-0.2, 0) is 23.5 Å². The summed E-state index contributed by atoms with van der Waals surface area (Å²) < 4.78 is 5.19. The van der Waals surface area contributed by atoms with Gasteiger partial charge >= 0.3 is 0 Å². The van der Waals surface area contributed by atoms with Crippen LogP contribution in [0.15, 0.2) is 22.7 Å². The Morgan fingerprint density at radius 3 is 2.96 bits per heavy atom. The summed E-state index contributed by atoms with van der Waals surface area (Å²) in [6.07, 6.45) is 0.892. The van der Waals surface area contributed by atoms with Crippen LogP contribution in [0.2, 0.25) is 0 Å². The minimum Gasteiger partial charge on any atom is -0.361 e. The number of aromatic amines is 1. The molecule has 0 fully saturated rings. The average Bonchev–Trinajstić information content (AvgIpc) is 3.15. The van der Waals surface area contributed by atoms with Crippen molar-refractivity contribution in [3.05, 3.63) is 52.0 Å². The normalized spacial score (nSPS) is 14.0. The number of aryl methyl sites for hydroxylation is 3. The fraction of sp³-hybridized carbons (Fsp3) is 0.400. The van der Waals surface area contributed by atoms with Crippen molar-refractivity contribution in [2.24, 2.45) is 0 Å². The first-order valence-corrected chi connectivity index (χ1v) is 10.1. The molecule has 0 saturated carbocycles. The first-order valence-electron chi connectivity index (χ1n) is 8.90. The lowest BCUT2D eigenvalue weighted by atomic mass is 10.0. The van der Waals surface area contributed by atoms with Gasteiger partial charge in [0.2, 0.25) is 5.91 Å². The van der Waals surface area contributed by atoms with Crippen molar-refractivity contribution in [2.75, 3.05) is 12.3 Å². The zero-order chi connectivity index (χ0) is 18.3. The van der Waals surface area contributed by atoms with Gasteiger partial charge in [0.25, 0.3) is 0 Å². The number of fused-ring (bicyclic) bond motifs is 3. The molecular formula is C20H23N3O2S. The van der Waals surface area contributed by atoms with E-state index in [2.05, 4.69) is 35.3 Å². The molecule has 3 aromatic rings. The quantitative estimate of drug-likeness (QED) is 0.758. The number of carbonyl (C=O) groups excluding carboxylic acids is 1. The van der Waals surface area contributed by atoms with Gasteiger partial charge in [0, 0.05) is 53.0 Å². The van der Waals surface area contributed by atoms with E-state index in [-0.39, 0.29) is 5.91 Å². The van der Waals surface area contributed by atoms with E-state index in [0.29, 0.717) is 12.3 Å². The first kappa shape index (κ1) is 17.2. The van der Waals surface area contributed by atoms with Gasteiger partial charge in [0.15, 0.2) is 0 Å². The molecule has 0 atom stereocenters. The average molecular weight is 369 g/mol. The zero-order valence-electron chi connectivity index (χ0n) is 15.4. The van der Waals surface area contributed by atoms with E-state index in [9.17, 15) is 4.79 Å². The van der Waals surface area contributed by atoms with E-state index in [1.807, 2.05) is 18.7 Å². The molecule has 5 nitrogen and oxygen atoms in total. The summed E-state index contributed by atoms with van der Waals surface area (Å²) >= 11 is 1.63. The van der Waals surface area contributed by atoms with E-state index in [0.717, 1.165) is 35.7 Å². The lowest BCUT2D eigenvalue weighted by Gasteiger charge is -2.27. The van der Waals surface area contributed by atoms with Crippen molar-refractivity contribution < 1.29 is 9.32 Å². The number of benzene rings is 1. The molecule has 1 aromatic carbocycles. The summed E-state index contributed by atoms with van der Waals surface area (Å²) in [6.45, 7) is 7.45. The predicted octanol–water partition coefficient (Wildman–Crippen LogP) is 3.90. The molecule has 2 aromatic heterocycles. The third-order valence-corrected chi connectivity index (χ3v) is 6.08. The maximum Gasteiger partial charge on any atom is 0.232 e. The molecule has 1 amide bonds. The topological polar surface area (TPSA) is 62.1 Å². The highest BCUT2D eigenvalue weighted by atomic mass is 32.2. The second-order valence-electron chi connectivity index (χ2n) is 6.99. The molecule has 1 aliphatic heterocycles. The highest BCUT2D eigenvalue weighted by Crippen LogP contribution is 2.29. The number of nitrogens with one attached hydrogen (secondary N) is 1. The summed E-state index contributed by atoms with van der Waals surface area (Å²) in [5.74, 6) is 2.30. The summed E-state index contributed by atoms with van der Waals surface area (Å²) in [5.41, 5.74) is 6.99. The Balaban J connectivity index is 1.42. The maximum atomic E-state index is 12.7. The van der Waals surface area contributed by atoms with E-state index in [1.165, 1.54) is 27.7 Å². The van der Waals surface area contributed by atoms with Gasteiger partial charge in [-0.25, -0.2) is 0 Å². The highest BCUT2D eigenvalue weighted by Gasteiger charge is 2.24. The molecule has 0 bridgehead atoms. The van der Waals surface area contributed by atoms with Crippen LogP contribution in [0.25, 0.3) is 10.9 Å². The Morgan fingerprint density at radius 1 is 1.35 bits per heavy atom. The zero-order valence-corrected chi connectivity index (χ0v) is 16.2. The van der Waals surface area contributed by atoms with Crippen molar-refractivity contribution in [3.8, 4) is 0 Å². The van der Waals surface area contributed by atoms with Gasteiger partial charge in [-0.1, -0.05) is 16.8 Å². The Labute approximate surface area is 157 Å². The van der Waals surface area contributed by atoms with Crippen molar-refractivity contribution in [3.63, 3.8) is 0 Å². The van der Waals surface area contributed by atoms with Crippen molar-refractivity contribution >= 4 is 28.6 Å². The molecule has 0 saturated heterocycles. The van der Waals surface area contributed by atoms with E-state index < -0.39 is 0 Å². The Morgan fingerprint density at radius 2 is 2.19 bits per heavy atom. The van der Waals surface area contributed by atoms with E-state index in [4.69, 9.17) is 4.52 Å². The number of nitrogens with zero attached hydrogens (tertiary/aromatic N) is 2. The minimum atomic E-state index is 0.203. The van der Waals surface area contributed by atoms with E-state index in [1.54, 1.807) is 11.8 Å². The monoisotopic (exact) mass is 369 g/mol. The number of H-pyrrole nitrogens is 1. The number of rotatable bonds is 4. The van der Waals surface area contributed by atoms with Gasteiger partial charge in [-0.3, -0.25) is 4.79 Å². The fourth-order valence-electron chi connectivity index (χ4n) is 3.58. The van der Waals surface area contributed by atoms with Crippen LogP contribution < -0.4 is 0 Å². The molecule has 0 aliphatic carbocycles. The molecule has 3 heterocycles. The van der Waals surface area contributed by atoms with Crippen molar-refractivity contribution in [2.45, 2.75) is 39.5 Å². The van der Waals surface area contributed by atoms with Crippen LogP contribution in [0.5, 0.6) is 0 Å². The molecule has 1 N–H and O–H groups in total. The molecular weight excluding hydrogens is 346 g/mol. The number of hydrogen-bond donors (Lipinski definition) is 1. The van der Waals surface area contributed by atoms with Gasteiger partial charge in [-0.15, -0.1) is 11.8 Å². The second kappa shape index (κ2) is 6.83. The Bertz CT molecular complexity index is 954. The van der Waals surface area contributed by atoms with Crippen LogP contribution in [-0.4, -0.2) is 33.2 Å². The number of hydrogen-bond acceptors (Lipinski definition) is 4. The van der Waals surface area contributed by atoms with Crippen LogP contribution in [0.4, 0.5) is 0 Å². The molecule has 0 spiro atoms. The largest absolute Gasteiger partial charge is 0.361 e. The third kappa shape index (κ3) is 3.14. The molecule has 26 heavy (non-hydrogen) atoms. The molecule has 4 rings (SSSR count). The maximum absolute atomic E-state index is 12.7. The van der Waals surface area contributed by atoms with Gasteiger partial charge in [0.1, 0.15) is 5.76 Å². The van der Waals surface area contributed by atoms with Crippen molar-refractivity contribution in [1.29, 1.82) is 0 Å². The summed E-state index contributed by atoms with van der Waals surface area (Å²) in [4.78, 5) is 18.2. The number of thioether (sulfide) groups is 1. The van der Waals surface area contributed by atoms with Gasteiger partial charge < -0.3 is 14.4 Å². The van der Waals surface area contributed by atoms with Gasteiger partial charge in [0.05, 0.1) is 11.4 Å². The molecule has 1 aliphatic rings. The fourth-order valence-corrected chi connectivity index (χ4v) is 4.66. The second-order valence-corrected chi connectivity index (χ2v) is 7.98. The van der Waals surface area contributed by atoms with Gasteiger partial charge in [-0.2, -0.15) is 0 Å². The summed E-state index contributed by atoms with van der Waals surface area (Å²) in [6, 6.07) is 6.47. The van der Waals surface area contributed by atoms with E-state index >= 15 is 0 Å². The lowest BCUT2D eigenvalue weighted by molar-refractivity contribution is -0.129. The summed E-state index contributed by atoms with van der Waals surface area (Å²) in [5, 5.41) is 5.22. The van der Waals surface area contributed by atoms with Crippen LogP contribution in [0.3, 0.4) is 0 Å². The molecule has 136 valence electrons. The first-order chi connectivity index (χ1) is 12.5. The smallest absolute Gasteiger partial charge is 0.232 e. The minimum absolute atomic E-state index is 0.203. The Kier molecular flexibility index (Phi) is 4.53. The SMILES string of the molecule is Cc1ccc2[nH]c3c(c2c1)CN(C(=O)CSCc1c(C)noc1C)CC3. The van der Waals surface area contributed by atoms with Crippen LogP contribution in [0, 0.1) is 20.8 Å². The molecule has 0 radical (unpaired) electrons. The van der Waals surface area contributed by atoms with Crippen LogP contribution >= 0.6 is 11.8 Å². The predicted molar refractivity (Wildman–Crippen MR) is 104 cm³/mol. The van der Waals surface area contributed by atoms with Crippen LogP contribution in [0.1, 0.15) is 33.8 Å². The molecule has 0 unspecified atom stereocenters. The standard InChI is InChI=1S/C20H23N3O2S/c1-12-4-5-18-15(8-12)16-9-23(7-6-19(16)21-18)20(24)11-26-10-17-13(2)22-25-14(17)3/h4-5,8,21H,6-7,9-11H2,1-3H3. The summed E-state index contributed by atoms with van der Waals surface area (Å²) in [7, 11) is 0. The third-order valence-electron chi connectivity index (χ3n) is 5.14. The number of amides is 1. The molecule has 6 heteroatoms. The van der Waals surface area contributed by atoms with Crippen molar-refractivity contribution in [1.82, 2.24) is 15.0 Å². The number of aromatic nitrogens is 2. The Hall–Kier alpha value is -2.21. The number of carbonyl (C=O) groups is 1. The van der Waals surface area contributed by atoms with Gasteiger partial charge in [-0.05, 0) is 32.9 Å². The lowest BCUT2D eigenvalue weighted by Crippen LogP contribution is -2.36. The highest BCUT2D eigenvalue weighted by molar-refractivity contribution is 7.99.